The molecule has 204 valence electrons. The van der Waals surface area contributed by atoms with E-state index in [2.05, 4.69) is 38.9 Å². The number of rotatable bonds is 4. The summed E-state index contributed by atoms with van der Waals surface area (Å²) in [6, 6.07) is 10.6. The quantitative estimate of drug-likeness (QED) is 0.371. The number of nitrogens with one attached hydrogen (secondary N) is 1. The Hall–Kier alpha value is -3.01. The van der Waals surface area contributed by atoms with Gasteiger partial charge in [-0.15, -0.1) is 0 Å². The molecule has 2 aliphatic rings. The van der Waals surface area contributed by atoms with Crippen molar-refractivity contribution in [1.82, 2.24) is 24.1 Å². The lowest BCUT2D eigenvalue weighted by molar-refractivity contribution is 0.181. The number of piperidine rings is 1. The van der Waals surface area contributed by atoms with Crippen LogP contribution in [0, 0.1) is 12.3 Å². The summed E-state index contributed by atoms with van der Waals surface area (Å²) in [4.78, 5) is 16.2. The van der Waals surface area contributed by atoms with Crippen LogP contribution in [-0.2, 0) is 23.8 Å². The highest BCUT2D eigenvalue weighted by molar-refractivity contribution is 7.84. The second-order valence-electron chi connectivity index (χ2n) is 11.8. The van der Waals surface area contributed by atoms with Crippen molar-refractivity contribution in [1.29, 1.82) is 0 Å². The first-order valence-electron chi connectivity index (χ1n) is 13.3. The number of hydrogen-bond acceptors (Lipinski definition) is 6. The molecule has 1 aromatic carbocycles. The highest BCUT2D eigenvalue weighted by Crippen LogP contribution is 2.46. The average molecular weight is 564 g/mol. The molecule has 4 heterocycles. The first-order chi connectivity index (χ1) is 18.6. The van der Waals surface area contributed by atoms with Crippen molar-refractivity contribution in [2.24, 2.45) is 5.41 Å². The van der Waals surface area contributed by atoms with Crippen molar-refractivity contribution < 1.29 is 4.21 Å². The first-order valence-corrected chi connectivity index (χ1v) is 14.8. The number of nitrogen functional groups attached to an aromatic ring is 1. The summed E-state index contributed by atoms with van der Waals surface area (Å²) >= 11 is 6.57. The van der Waals surface area contributed by atoms with E-state index in [0.29, 0.717) is 11.6 Å². The lowest BCUT2D eigenvalue weighted by atomic mass is 9.72. The van der Waals surface area contributed by atoms with Gasteiger partial charge in [-0.05, 0) is 69.6 Å². The fourth-order valence-electron chi connectivity index (χ4n) is 6.10. The van der Waals surface area contributed by atoms with E-state index in [0.717, 1.165) is 54.2 Å². The van der Waals surface area contributed by atoms with Crippen molar-refractivity contribution in [3.63, 3.8) is 0 Å². The third kappa shape index (κ3) is 4.50. The van der Waals surface area contributed by atoms with Gasteiger partial charge in [-0.2, -0.15) is 0 Å². The number of nitrogens with zero attached hydrogens (tertiary/aromatic N) is 5. The predicted octanol–water partition coefficient (Wildman–Crippen LogP) is 4.75. The van der Waals surface area contributed by atoms with Crippen molar-refractivity contribution in [2.45, 2.75) is 57.7 Å². The molecule has 1 saturated heterocycles. The van der Waals surface area contributed by atoms with Crippen LogP contribution < -0.4 is 15.4 Å². The van der Waals surface area contributed by atoms with E-state index in [1.54, 1.807) is 12.4 Å². The maximum atomic E-state index is 13.4. The molecule has 2 atom stereocenters. The van der Waals surface area contributed by atoms with Crippen LogP contribution in [0.2, 0.25) is 5.02 Å². The van der Waals surface area contributed by atoms with E-state index < -0.39 is 11.0 Å². The largest absolute Gasteiger partial charge is 0.382 e. The van der Waals surface area contributed by atoms with Crippen LogP contribution in [0.25, 0.3) is 16.8 Å². The van der Waals surface area contributed by atoms with Gasteiger partial charge in [-0.3, -0.25) is 4.40 Å². The van der Waals surface area contributed by atoms with E-state index >= 15 is 0 Å². The van der Waals surface area contributed by atoms with Crippen molar-refractivity contribution in [3.8, 4) is 11.1 Å². The van der Waals surface area contributed by atoms with Gasteiger partial charge in [0.25, 0.3) is 0 Å². The summed E-state index contributed by atoms with van der Waals surface area (Å²) in [7, 11) is -1.20. The maximum absolute atomic E-state index is 13.4. The zero-order valence-corrected chi connectivity index (χ0v) is 24.3. The molecule has 0 amide bonds. The minimum atomic E-state index is -1.20. The molecule has 1 fully saturated rings. The zero-order chi connectivity index (χ0) is 27.5. The van der Waals surface area contributed by atoms with Gasteiger partial charge in [-0.25, -0.2) is 23.9 Å². The van der Waals surface area contributed by atoms with Gasteiger partial charge in [0.2, 0.25) is 5.95 Å². The van der Waals surface area contributed by atoms with Gasteiger partial charge in [0, 0.05) is 48.8 Å². The van der Waals surface area contributed by atoms with Gasteiger partial charge >= 0.3 is 0 Å². The van der Waals surface area contributed by atoms with E-state index in [4.69, 9.17) is 27.3 Å². The van der Waals surface area contributed by atoms with E-state index in [-0.39, 0.29) is 22.0 Å². The number of halogens is 1. The van der Waals surface area contributed by atoms with E-state index in [9.17, 15) is 4.21 Å². The first kappa shape index (κ1) is 26.2. The molecule has 1 aliphatic carbocycles. The Morgan fingerprint density at radius 2 is 1.85 bits per heavy atom. The molecule has 4 aromatic rings. The van der Waals surface area contributed by atoms with E-state index in [1.807, 2.05) is 44.4 Å². The van der Waals surface area contributed by atoms with Gasteiger partial charge < -0.3 is 10.6 Å². The minimum Gasteiger partial charge on any atom is -0.382 e. The van der Waals surface area contributed by atoms with Crippen molar-refractivity contribution in [3.05, 3.63) is 70.8 Å². The monoisotopic (exact) mass is 563 g/mol. The highest BCUT2D eigenvalue weighted by atomic mass is 35.5. The molecule has 10 heteroatoms. The summed E-state index contributed by atoms with van der Waals surface area (Å²) in [5.41, 5.74) is 12.0. The Labute approximate surface area is 236 Å². The van der Waals surface area contributed by atoms with Crippen LogP contribution in [0.3, 0.4) is 0 Å². The number of anilines is 2. The molecule has 3 aromatic heterocycles. The number of fused-ring (bicyclic) bond motifs is 2. The van der Waals surface area contributed by atoms with Crippen LogP contribution in [0.15, 0.2) is 48.9 Å². The van der Waals surface area contributed by atoms with Crippen LogP contribution in [-0.4, -0.2) is 47.4 Å². The van der Waals surface area contributed by atoms with Crippen molar-refractivity contribution >= 4 is 40.0 Å². The lowest BCUT2D eigenvalue weighted by Gasteiger charge is -2.47. The number of aryl methyl sites for hydroxylation is 1. The summed E-state index contributed by atoms with van der Waals surface area (Å²) in [5.74, 6) is 1.10. The molecule has 0 bridgehead atoms. The molecule has 0 saturated carbocycles. The standard InChI is InChI=1S/C29H34ClN7OS/c1-18-23(21-9-11-32-25(31)24(21)30)26-33-12-14-37(26)27(34-18)36-13-10-29(15-19-7-5-6-8-20(19)16-29)22(17-36)35-39(38)28(2,3)4/h5-9,11-12,14,22,35H,10,13,15-17H2,1-4H3,(H2,31,32). The fourth-order valence-corrected chi connectivity index (χ4v) is 7.24. The Bertz CT molecular complexity index is 1570. The normalized spacial score (nSPS) is 19.5. The Morgan fingerprint density at radius 3 is 2.54 bits per heavy atom. The van der Waals surface area contributed by atoms with E-state index in [1.165, 1.54) is 11.1 Å². The van der Waals surface area contributed by atoms with Crippen LogP contribution in [0.5, 0.6) is 0 Å². The Kier molecular flexibility index (Phi) is 6.44. The number of pyridine rings is 1. The number of aromatic nitrogens is 4. The number of nitrogens with two attached hydrogens (primary N) is 1. The van der Waals surface area contributed by atoms with Crippen LogP contribution in [0.1, 0.15) is 44.0 Å². The van der Waals surface area contributed by atoms with Gasteiger partial charge in [0.1, 0.15) is 11.5 Å². The smallest absolute Gasteiger partial charge is 0.211 e. The maximum Gasteiger partial charge on any atom is 0.211 e. The molecule has 3 N–H and O–H groups in total. The molecule has 39 heavy (non-hydrogen) atoms. The van der Waals surface area contributed by atoms with Gasteiger partial charge in [0.15, 0.2) is 0 Å². The average Bonchev–Trinajstić information content (AvgIpc) is 3.52. The minimum absolute atomic E-state index is 0.00618. The molecule has 1 aliphatic heterocycles. The molecule has 6 rings (SSSR count). The predicted molar refractivity (Wildman–Crippen MR) is 158 cm³/mol. The van der Waals surface area contributed by atoms with Crippen LogP contribution >= 0.6 is 11.6 Å². The summed E-state index contributed by atoms with van der Waals surface area (Å²) in [5, 5.41) is 0.398. The summed E-state index contributed by atoms with van der Waals surface area (Å²) < 4.78 is 18.6. The lowest BCUT2D eigenvalue weighted by Crippen LogP contribution is -2.60. The third-order valence-electron chi connectivity index (χ3n) is 8.21. The second kappa shape index (κ2) is 9.57. The Morgan fingerprint density at radius 1 is 1.13 bits per heavy atom. The zero-order valence-electron chi connectivity index (χ0n) is 22.7. The number of imidazole rings is 1. The molecule has 2 unspecified atom stereocenters. The molecule has 1 spiro atoms. The summed E-state index contributed by atoms with van der Waals surface area (Å²) in [6.45, 7) is 9.56. The second-order valence-corrected chi connectivity index (χ2v) is 14.2. The molecule has 0 radical (unpaired) electrons. The number of hydrogen-bond donors (Lipinski definition) is 2. The fraction of sp³-hybridized carbons (Fsp3) is 0.414. The molecular weight excluding hydrogens is 530 g/mol. The highest BCUT2D eigenvalue weighted by Gasteiger charge is 2.48. The molecule has 8 nitrogen and oxygen atoms in total. The summed E-state index contributed by atoms with van der Waals surface area (Å²) in [6.07, 6.45) is 8.31. The third-order valence-corrected chi connectivity index (χ3v) is 10.2. The van der Waals surface area contributed by atoms with Gasteiger partial charge in [-0.1, -0.05) is 35.9 Å². The Balaban J connectivity index is 1.39. The number of benzene rings is 1. The topological polar surface area (TPSA) is 101 Å². The SMILES string of the molecule is Cc1nc(N2CCC3(Cc4ccccc4C3)C(NS(=O)C(C)(C)C)C2)n2ccnc2c1-c1ccnc(N)c1Cl. The van der Waals surface area contributed by atoms with Gasteiger partial charge in [0.05, 0.1) is 26.4 Å². The van der Waals surface area contributed by atoms with Crippen molar-refractivity contribution in [2.75, 3.05) is 23.7 Å². The molecular formula is C29H34ClN7OS. The van der Waals surface area contributed by atoms with Crippen LogP contribution in [0.4, 0.5) is 11.8 Å².